The highest BCUT2D eigenvalue weighted by Gasteiger charge is 2.21. The number of hydrogen-bond donors (Lipinski definition) is 1. The minimum absolute atomic E-state index is 0.0340. The number of para-hydroxylation sites is 1. The van der Waals surface area contributed by atoms with Gasteiger partial charge in [0.15, 0.2) is 5.78 Å². The van der Waals surface area contributed by atoms with Gasteiger partial charge in [0.05, 0.1) is 22.8 Å². The van der Waals surface area contributed by atoms with Gasteiger partial charge in [0.1, 0.15) is 17.9 Å². The molecule has 2 aromatic heterocycles. The summed E-state index contributed by atoms with van der Waals surface area (Å²) in [5.74, 6) is 0.392. The molecule has 0 radical (unpaired) electrons. The van der Waals surface area contributed by atoms with E-state index in [4.69, 9.17) is 27.9 Å². The number of nitrogens with zero attached hydrogens (tertiary/aromatic N) is 2. The van der Waals surface area contributed by atoms with Crippen LogP contribution in [0.3, 0.4) is 0 Å². The van der Waals surface area contributed by atoms with Crippen LogP contribution in [0.4, 0.5) is 5.69 Å². The average molecular weight is 587 g/mol. The SMILES string of the molecule is Cc1ccc2cccc(OCc3c(Cl)ccc(N(C)C(=O)Cc4[nH]c(C(=O)Cc5ccccc5)cc4C)c3Cl)c2n1. The normalized spacial score (nSPS) is 11.0. The Balaban J connectivity index is 1.31. The standard InChI is InChI=1S/C33H29Cl2N3O3/c1-20-16-27(29(39)17-22-8-5-4-6-9-22)37-26(20)18-31(40)38(3)28-15-14-25(34)24(32(28)35)19-41-30-11-7-10-23-13-12-21(2)36-33(23)30/h4-16,37H,17-19H2,1-3H3. The summed E-state index contributed by atoms with van der Waals surface area (Å²) < 4.78 is 6.12. The van der Waals surface area contributed by atoms with E-state index in [2.05, 4.69) is 9.97 Å². The van der Waals surface area contributed by atoms with Gasteiger partial charge < -0.3 is 14.6 Å². The van der Waals surface area contributed by atoms with E-state index in [1.165, 1.54) is 4.90 Å². The van der Waals surface area contributed by atoms with Crippen LogP contribution in [0.2, 0.25) is 10.0 Å². The van der Waals surface area contributed by atoms with E-state index in [0.29, 0.717) is 38.4 Å². The van der Waals surface area contributed by atoms with Crippen LogP contribution in [0.25, 0.3) is 10.9 Å². The van der Waals surface area contributed by atoms with Crippen LogP contribution >= 0.6 is 23.2 Å². The van der Waals surface area contributed by atoms with Crippen molar-refractivity contribution < 1.29 is 14.3 Å². The van der Waals surface area contributed by atoms with Gasteiger partial charge in [-0.05, 0) is 55.3 Å². The first-order chi connectivity index (χ1) is 19.7. The summed E-state index contributed by atoms with van der Waals surface area (Å²) >= 11 is 13.3. The number of fused-ring (bicyclic) bond motifs is 1. The van der Waals surface area contributed by atoms with Gasteiger partial charge in [-0.15, -0.1) is 0 Å². The third-order valence-corrected chi connectivity index (χ3v) is 7.83. The molecule has 0 unspecified atom stereocenters. The number of H-pyrrole nitrogens is 1. The largest absolute Gasteiger partial charge is 0.487 e. The van der Waals surface area contributed by atoms with Gasteiger partial charge in [0.25, 0.3) is 0 Å². The first-order valence-corrected chi connectivity index (χ1v) is 13.9. The number of likely N-dealkylation sites (N-methyl/N-ethyl adjacent to an activating group) is 1. The van der Waals surface area contributed by atoms with Gasteiger partial charge in [-0.3, -0.25) is 9.59 Å². The van der Waals surface area contributed by atoms with Crippen molar-refractivity contribution in [1.29, 1.82) is 0 Å². The molecule has 1 N–H and O–H groups in total. The minimum Gasteiger partial charge on any atom is -0.487 e. The Hall–Kier alpha value is -4.13. The molecule has 1 amide bonds. The van der Waals surface area contributed by atoms with Crippen LogP contribution in [0.1, 0.15) is 38.6 Å². The van der Waals surface area contributed by atoms with Crippen LogP contribution in [0, 0.1) is 13.8 Å². The number of Topliss-reactive ketones (excluding diaryl/α,β-unsaturated/α-hetero) is 1. The first kappa shape index (κ1) is 28.4. The van der Waals surface area contributed by atoms with Crippen LogP contribution in [0.5, 0.6) is 5.75 Å². The number of aryl methyl sites for hydroxylation is 2. The molecule has 0 aliphatic carbocycles. The first-order valence-electron chi connectivity index (χ1n) is 13.2. The number of nitrogens with one attached hydrogen (secondary N) is 1. The zero-order chi connectivity index (χ0) is 29.1. The molecule has 6 nitrogen and oxygen atoms in total. The van der Waals surface area contributed by atoms with E-state index in [9.17, 15) is 9.59 Å². The Morgan fingerprint density at radius 2 is 1.71 bits per heavy atom. The second kappa shape index (κ2) is 12.2. The number of halogens is 2. The lowest BCUT2D eigenvalue weighted by Crippen LogP contribution is -2.28. The van der Waals surface area contributed by atoms with E-state index in [0.717, 1.165) is 27.7 Å². The maximum absolute atomic E-state index is 13.3. The number of hydrogen-bond acceptors (Lipinski definition) is 4. The molecule has 2 heterocycles. The van der Waals surface area contributed by atoms with Crippen molar-refractivity contribution in [2.45, 2.75) is 33.3 Å². The van der Waals surface area contributed by atoms with E-state index < -0.39 is 0 Å². The molecular weight excluding hydrogens is 557 g/mol. The molecule has 0 aliphatic rings. The minimum atomic E-state index is -0.193. The number of amides is 1. The molecule has 0 saturated heterocycles. The Bertz CT molecular complexity index is 1750. The molecule has 41 heavy (non-hydrogen) atoms. The van der Waals surface area contributed by atoms with Crippen molar-refractivity contribution in [3.8, 4) is 5.75 Å². The van der Waals surface area contributed by atoms with Gasteiger partial charge in [-0.25, -0.2) is 4.98 Å². The van der Waals surface area contributed by atoms with E-state index in [1.54, 1.807) is 25.2 Å². The Morgan fingerprint density at radius 1 is 0.927 bits per heavy atom. The van der Waals surface area contributed by atoms with E-state index in [1.807, 2.05) is 74.5 Å². The Morgan fingerprint density at radius 3 is 2.49 bits per heavy atom. The van der Waals surface area contributed by atoms with Crippen molar-refractivity contribution in [2.75, 3.05) is 11.9 Å². The number of carbonyl (C=O) groups is 2. The van der Waals surface area contributed by atoms with Crippen LogP contribution in [-0.4, -0.2) is 28.7 Å². The maximum Gasteiger partial charge on any atom is 0.232 e. The molecule has 3 aromatic carbocycles. The highest BCUT2D eigenvalue weighted by Crippen LogP contribution is 2.35. The number of ether oxygens (including phenoxy) is 1. The summed E-state index contributed by atoms with van der Waals surface area (Å²) in [4.78, 5) is 35.4. The fourth-order valence-corrected chi connectivity index (χ4v) is 5.28. The zero-order valence-electron chi connectivity index (χ0n) is 23.0. The van der Waals surface area contributed by atoms with E-state index >= 15 is 0 Å². The number of rotatable bonds is 9. The summed E-state index contributed by atoms with van der Waals surface area (Å²) in [5, 5.41) is 1.74. The van der Waals surface area contributed by atoms with Crippen molar-refractivity contribution in [3.05, 3.63) is 123 Å². The summed E-state index contributed by atoms with van der Waals surface area (Å²) in [6.45, 7) is 3.91. The number of ketones is 1. The quantitative estimate of drug-likeness (QED) is 0.180. The van der Waals surface area contributed by atoms with Crippen LogP contribution in [0.15, 0.2) is 78.9 Å². The van der Waals surface area contributed by atoms with Gasteiger partial charge in [0.2, 0.25) is 5.91 Å². The molecule has 5 aromatic rings. The molecule has 0 atom stereocenters. The molecule has 0 bridgehead atoms. The average Bonchev–Trinajstić information content (AvgIpc) is 3.33. The van der Waals surface area contributed by atoms with E-state index in [-0.39, 0.29) is 31.1 Å². The van der Waals surface area contributed by atoms with Crippen molar-refractivity contribution >= 4 is 51.5 Å². The molecular formula is C33H29Cl2N3O3. The molecule has 8 heteroatoms. The molecule has 0 fully saturated rings. The zero-order valence-corrected chi connectivity index (χ0v) is 24.5. The van der Waals surface area contributed by atoms with Crippen LogP contribution < -0.4 is 9.64 Å². The number of pyridine rings is 1. The lowest BCUT2D eigenvalue weighted by molar-refractivity contribution is -0.117. The second-order valence-corrected chi connectivity index (χ2v) is 10.8. The molecule has 0 saturated carbocycles. The third kappa shape index (κ3) is 6.29. The van der Waals surface area contributed by atoms with Crippen molar-refractivity contribution in [3.63, 3.8) is 0 Å². The Labute approximate surface area is 248 Å². The lowest BCUT2D eigenvalue weighted by Gasteiger charge is -2.21. The number of aromatic amines is 1. The number of aromatic nitrogens is 2. The summed E-state index contributed by atoms with van der Waals surface area (Å²) in [6, 6.07) is 24.5. The van der Waals surface area contributed by atoms with Crippen molar-refractivity contribution in [1.82, 2.24) is 9.97 Å². The maximum atomic E-state index is 13.3. The fraction of sp³-hybridized carbons (Fsp3) is 0.182. The molecule has 5 rings (SSSR count). The summed E-state index contributed by atoms with van der Waals surface area (Å²) in [7, 11) is 1.67. The predicted molar refractivity (Wildman–Crippen MR) is 164 cm³/mol. The van der Waals surface area contributed by atoms with Crippen LogP contribution in [-0.2, 0) is 24.2 Å². The lowest BCUT2D eigenvalue weighted by atomic mass is 10.1. The molecule has 208 valence electrons. The predicted octanol–water partition coefficient (Wildman–Crippen LogP) is 7.70. The molecule has 0 aliphatic heterocycles. The Kier molecular flexibility index (Phi) is 8.43. The monoisotopic (exact) mass is 585 g/mol. The number of anilines is 1. The third-order valence-electron chi connectivity index (χ3n) is 7.05. The fourth-order valence-electron chi connectivity index (χ4n) is 4.68. The van der Waals surface area contributed by atoms with Gasteiger partial charge in [-0.2, -0.15) is 0 Å². The van der Waals surface area contributed by atoms with Gasteiger partial charge in [-0.1, -0.05) is 71.7 Å². The second-order valence-electron chi connectivity index (χ2n) is 9.99. The molecule has 0 spiro atoms. The summed E-state index contributed by atoms with van der Waals surface area (Å²) in [5.41, 5.74) is 5.67. The van der Waals surface area contributed by atoms with Crippen molar-refractivity contribution in [2.24, 2.45) is 0 Å². The van der Waals surface area contributed by atoms with Gasteiger partial charge in [0, 0.05) is 40.8 Å². The topological polar surface area (TPSA) is 75.3 Å². The highest BCUT2D eigenvalue weighted by molar-refractivity contribution is 6.38. The number of benzene rings is 3. The smallest absolute Gasteiger partial charge is 0.232 e. The summed E-state index contributed by atoms with van der Waals surface area (Å²) in [6.07, 6.45) is 0.362. The van der Waals surface area contributed by atoms with Gasteiger partial charge >= 0.3 is 0 Å². The highest BCUT2D eigenvalue weighted by atomic mass is 35.5. The number of carbonyl (C=O) groups excluding carboxylic acids is 2.